The molecule has 0 aromatic heterocycles. The van der Waals surface area contributed by atoms with Crippen molar-refractivity contribution in [2.24, 2.45) is 0 Å². The Balaban J connectivity index is 1.53. The summed E-state index contributed by atoms with van der Waals surface area (Å²) in [5.74, 6) is 0.396. The van der Waals surface area contributed by atoms with Crippen molar-refractivity contribution in [1.29, 1.82) is 0 Å². The summed E-state index contributed by atoms with van der Waals surface area (Å²) in [7, 11) is -3.58. The summed E-state index contributed by atoms with van der Waals surface area (Å²) < 4.78 is 45.7. The zero-order valence-corrected chi connectivity index (χ0v) is 15.4. The summed E-state index contributed by atoms with van der Waals surface area (Å²) in [6.45, 7) is 3.68. The number of halogens is 1. The topological polar surface area (TPSA) is 49.9 Å². The van der Waals surface area contributed by atoms with Gasteiger partial charge in [-0.15, -0.1) is 0 Å². The highest BCUT2D eigenvalue weighted by Crippen LogP contribution is 2.18. The normalized spacial score (nSPS) is 17.0. The third-order valence-electron chi connectivity index (χ3n) is 4.42. The lowest BCUT2D eigenvalue weighted by Crippen LogP contribution is -2.36. The molecule has 1 saturated heterocycles. The van der Waals surface area contributed by atoms with Gasteiger partial charge in [0.15, 0.2) is 0 Å². The standard InChI is InChI=1S/C19H23FN2O3S/c20-17-7-9-19(10-8-17)26(23,24)22-12-4-11-21(13-14-22)15-16-25-18-5-2-1-3-6-18/h1-3,5-10H,4,11-16H2. The lowest BCUT2D eigenvalue weighted by Gasteiger charge is -2.21. The maximum absolute atomic E-state index is 13.0. The van der Waals surface area contributed by atoms with Gasteiger partial charge in [0, 0.05) is 26.2 Å². The number of para-hydroxylation sites is 1. The van der Waals surface area contributed by atoms with Crippen molar-refractivity contribution in [3.05, 3.63) is 60.4 Å². The third kappa shape index (κ3) is 4.81. The summed E-state index contributed by atoms with van der Waals surface area (Å²) in [5.41, 5.74) is 0. The van der Waals surface area contributed by atoms with Crippen LogP contribution in [0, 0.1) is 5.82 Å². The second-order valence-electron chi connectivity index (χ2n) is 6.21. The molecule has 2 aromatic rings. The van der Waals surface area contributed by atoms with E-state index in [-0.39, 0.29) is 4.90 Å². The van der Waals surface area contributed by atoms with E-state index in [2.05, 4.69) is 4.90 Å². The molecule has 0 spiro atoms. The van der Waals surface area contributed by atoms with Crippen molar-refractivity contribution < 1.29 is 17.5 Å². The Labute approximate surface area is 154 Å². The minimum atomic E-state index is -3.58. The first-order valence-electron chi connectivity index (χ1n) is 8.72. The summed E-state index contributed by atoms with van der Waals surface area (Å²) >= 11 is 0. The number of hydrogen-bond acceptors (Lipinski definition) is 4. The van der Waals surface area contributed by atoms with Crippen LogP contribution in [-0.2, 0) is 10.0 Å². The highest BCUT2D eigenvalue weighted by Gasteiger charge is 2.26. The molecule has 3 rings (SSSR count). The molecule has 0 aliphatic carbocycles. The van der Waals surface area contributed by atoms with Crippen LogP contribution in [0.2, 0.25) is 0 Å². The Morgan fingerprint density at radius 1 is 0.923 bits per heavy atom. The number of sulfonamides is 1. The van der Waals surface area contributed by atoms with Crippen molar-refractivity contribution in [2.75, 3.05) is 39.3 Å². The number of rotatable bonds is 6. The fraction of sp³-hybridized carbons (Fsp3) is 0.368. The van der Waals surface area contributed by atoms with Crippen LogP contribution in [0.5, 0.6) is 5.75 Å². The minimum absolute atomic E-state index is 0.139. The third-order valence-corrected chi connectivity index (χ3v) is 6.33. The Morgan fingerprint density at radius 3 is 2.38 bits per heavy atom. The maximum Gasteiger partial charge on any atom is 0.243 e. The van der Waals surface area contributed by atoms with E-state index in [1.54, 1.807) is 0 Å². The van der Waals surface area contributed by atoms with E-state index >= 15 is 0 Å². The van der Waals surface area contributed by atoms with Crippen LogP contribution < -0.4 is 4.74 Å². The van der Waals surface area contributed by atoms with Crippen LogP contribution in [-0.4, -0.2) is 57.0 Å². The zero-order valence-electron chi connectivity index (χ0n) is 14.6. The molecule has 26 heavy (non-hydrogen) atoms. The van der Waals surface area contributed by atoms with E-state index in [0.29, 0.717) is 26.2 Å². The molecule has 140 valence electrons. The first-order valence-corrected chi connectivity index (χ1v) is 10.2. The molecule has 0 amide bonds. The van der Waals surface area contributed by atoms with Crippen molar-refractivity contribution in [1.82, 2.24) is 9.21 Å². The van der Waals surface area contributed by atoms with Crippen LogP contribution in [0.15, 0.2) is 59.5 Å². The number of hydrogen-bond donors (Lipinski definition) is 0. The van der Waals surface area contributed by atoms with Crippen LogP contribution in [0.1, 0.15) is 6.42 Å². The van der Waals surface area contributed by atoms with E-state index in [1.807, 2.05) is 30.3 Å². The van der Waals surface area contributed by atoms with E-state index in [4.69, 9.17) is 4.74 Å². The average Bonchev–Trinajstić information content (AvgIpc) is 2.89. The van der Waals surface area contributed by atoms with Gasteiger partial charge in [0.25, 0.3) is 0 Å². The van der Waals surface area contributed by atoms with Crippen LogP contribution in [0.3, 0.4) is 0 Å². The maximum atomic E-state index is 13.0. The smallest absolute Gasteiger partial charge is 0.243 e. The molecule has 1 aliphatic heterocycles. The van der Waals surface area contributed by atoms with E-state index < -0.39 is 15.8 Å². The van der Waals surface area contributed by atoms with Crippen LogP contribution >= 0.6 is 0 Å². The molecule has 2 aromatic carbocycles. The fourth-order valence-electron chi connectivity index (χ4n) is 2.98. The molecule has 0 unspecified atom stereocenters. The molecule has 1 heterocycles. The molecule has 0 bridgehead atoms. The van der Waals surface area contributed by atoms with Gasteiger partial charge < -0.3 is 4.74 Å². The molecule has 1 aliphatic rings. The SMILES string of the molecule is O=S(=O)(c1ccc(F)cc1)N1CCCN(CCOc2ccccc2)CC1. The summed E-state index contributed by atoms with van der Waals surface area (Å²) in [5, 5.41) is 0. The van der Waals surface area contributed by atoms with Crippen molar-refractivity contribution in [3.63, 3.8) is 0 Å². The predicted octanol–water partition coefficient (Wildman–Crippen LogP) is 2.60. The molecule has 7 heteroatoms. The van der Waals surface area contributed by atoms with E-state index in [9.17, 15) is 12.8 Å². The van der Waals surface area contributed by atoms with Crippen molar-refractivity contribution >= 4 is 10.0 Å². The predicted molar refractivity (Wildman–Crippen MR) is 98.2 cm³/mol. The van der Waals surface area contributed by atoms with Gasteiger partial charge in [-0.2, -0.15) is 4.31 Å². The highest BCUT2D eigenvalue weighted by molar-refractivity contribution is 7.89. The first-order chi connectivity index (χ1) is 12.6. The Morgan fingerprint density at radius 2 is 1.65 bits per heavy atom. The van der Waals surface area contributed by atoms with Gasteiger partial charge in [-0.25, -0.2) is 12.8 Å². The second-order valence-corrected chi connectivity index (χ2v) is 8.15. The van der Waals surface area contributed by atoms with Gasteiger partial charge in [-0.05, 0) is 49.4 Å². The molecular formula is C19H23FN2O3S. The Kier molecular flexibility index (Phi) is 6.24. The first kappa shape index (κ1) is 18.8. The number of benzene rings is 2. The van der Waals surface area contributed by atoms with Crippen molar-refractivity contribution in [3.8, 4) is 5.75 Å². The van der Waals surface area contributed by atoms with Gasteiger partial charge in [0.1, 0.15) is 18.2 Å². The largest absolute Gasteiger partial charge is 0.492 e. The second kappa shape index (κ2) is 8.62. The molecule has 5 nitrogen and oxygen atoms in total. The van der Waals surface area contributed by atoms with Gasteiger partial charge in [-0.1, -0.05) is 18.2 Å². The molecule has 1 fully saturated rings. The van der Waals surface area contributed by atoms with E-state index in [1.165, 1.54) is 28.6 Å². The van der Waals surface area contributed by atoms with Gasteiger partial charge in [-0.3, -0.25) is 4.90 Å². The summed E-state index contributed by atoms with van der Waals surface area (Å²) in [6, 6.07) is 14.6. The fourth-order valence-corrected chi connectivity index (χ4v) is 4.45. The molecule has 0 N–H and O–H groups in total. The zero-order chi connectivity index (χ0) is 18.4. The highest BCUT2D eigenvalue weighted by atomic mass is 32.2. The van der Waals surface area contributed by atoms with Crippen molar-refractivity contribution in [2.45, 2.75) is 11.3 Å². The molecule has 0 atom stereocenters. The molecule has 0 saturated carbocycles. The quantitative estimate of drug-likeness (QED) is 0.775. The van der Waals surface area contributed by atoms with Gasteiger partial charge >= 0.3 is 0 Å². The Bertz CT molecular complexity index is 797. The average molecular weight is 378 g/mol. The van der Waals surface area contributed by atoms with Gasteiger partial charge in [0.05, 0.1) is 4.90 Å². The lowest BCUT2D eigenvalue weighted by atomic mass is 10.3. The summed E-state index contributed by atoms with van der Waals surface area (Å²) in [6.07, 6.45) is 0.756. The monoisotopic (exact) mass is 378 g/mol. The number of ether oxygens (including phenoxy) is 1. The number of nitrogens with zero attached hydrogens (tertiary/aromatic N) is 2. The minimum Gasteiger partial charge on any atom is -0.492 e. The molecule has 0 radical (unpaired) electrons. The summed E-state index contributed by atoms with van der Waals surface area (Å²) in [4.78, 5) is 2.35. The van der Waals surface area contributed by atoms with E-state index in [0.717, 1.165) is 25.3 Å². The van der Waals surface area contributed by atoms with Crippen LogP contribution in [0.4, 0.5) is 4.39 Å². The molecular weight excluding hydrogens is 355 g/mol. The lowest BCUT2D eigenvalue weighted by molar-refractivity contribution is 0.215. The Hall–Kier alpha value is -1.96. The van der Waals surface area contributed by atoms with Gasteiger partial charge in [0.2, 0.25) is 10.0 Å². The van der Waals surface area contributed by atoms with Crippen LogP contribution in [0.25, 0.3) is 0 Å².